The Hall–Kier alpha value is -2.73. The summed E-state index contributed by atoms with van der Waals surface area (Å²) in [6.07, 6.45) is 8.32. The normalized spacial score (nSPS) is 22.7. The van der Waals surface area contributed by atoms with Gasteiger partial charge in [0.2, 0.25) is 0 Å². The highest BCUT2D eigenvalue weighted by atomic mass is 35.5. The van der Waals surface area contributed by atoms with Crippen LogP contribution in [0.25, 0.3) is 11.8 Å². The summed E-state index contributed by atoms with van der Waals surface area (Å²) >= 11 is 6.35. The lowest BCUT2D eigenvalue weighted by Gasteiger charge is -2.29. The van der Waals surface area contributed by atoms with Crippen LogP contribution in [0.4, 0.5) is 5.69 Å². The van der Waals surface area contributed by atoms with Gasteiger partial charge in [-0.3, -0.25) is 0 Å². The second-order valence-electron chi connectivity index (χ2n) is 8.41. The van der Waals surface area contributed by atoms with Crippen LogP contribution in [0.5, 0.6) is 11.5 Å². The number of halogens is 1. The Labute approximate surface area is 186 Å². The predicted octanol–water partition coefficient (Wildman–Crippen LogP) is 4.09. The van der Waals surface area contributed by atoms with Gasteiger partial charge in [0.05, 0.1) is 41.8 Å². The van der Waals surface area contributed by atoms with E-state index in [9.17, 15) is 0 Å². The number of allylic oxidation sites excluding steroid dienone is 1. The second kappa shape index (κ2) is 8.42. The molecule has 1 N–H and O–H groups in total. The Kier molecular flexibility index (Phi) is 5.48. The van der Waals surface area contributed by atoms with Gasteiger partial charge in [0.1, 0.15) is 11.5 Å². The molecule has 1 aromatic carbocycles. The number of hydrogen-bond acceptors (Lipinski definition) is 5. The number of methoxy groups -OCH3 is 1. The van der Waals surface area contributed by atoms with E-state index in [0.717, 1.165) is 65.2 Å². The predicted molar refractivity (Wildman–Crippen MR) is 123 cm³/mol. The number of likely N-dealkylation sites (N-methyl/N-ethyl adjacent to an activating group) is 1. The summed E-state index contributed by atoms with van der Waals surface area (Å²) in [5.41, 5.74) is 3.50. The maximum atomic E-state index is 6.35. The molecule has 0 atom stereocenters. The average molecular weight is 439 g/mol. The quantitative estimate of drug-likeness (QED) is 0.782. The zero-order chi connectivity index (χ0) is 21.4. The second-order valence-corrected chi connectivity index (χ2v) is 8.85. The number of benzene rings is 1. The summed E-state index contributed by atoms with van der Waals surface area (Å²) in [5, 5.41) is 12.0. The molecule has 1 aromatic heterocycles. The summed E-state index contributed by atoms with van der Waals surface area (Å²) in [7, 11) is 3.77. The Balaban J connectivity index is 1.38. The van der Waals surface area contributed by atoms with Crippen LogP contribution in [0.15, 0.2) is 45.6 Å². The summed E-state index contributed by atoms with van der Waals surface area (Å²) in [4.78, 5) is 5.84. The molecule has 162 valence electrons. The fourth-order valence-corrected chi connectivity index (χ4v) is 4.99. The molecule has 5 rings (SSSR count). The molecule has 31 heavy (non-hydrogen) atoms. The molecule has 2 aromatic rings. The molecule has 1 saturated carbocycles. The number of nitrogens with one attached hydrogen (secondary N) is 1. The van der Waals surface area contributed by atoms with Crippen molar-refractivity contribution in [2.75, 3.05) is 25.6 Å². The third-order valence-corrected chi connectivity index (χ3v) is 6.66. The van der Waals surface area contributed by atoms with Gasteiger partial charge in [0.25, 0.3) is 0 Å². The molecular weight excluding hydrogens is 412 g/mol. The van der Waals surface area contributed by atoms with Crippen LogP contribution in [-0.4, -0.2) is 31.8 Å². The van der Waals surface area contributed by atoms with Crippen molar-refractivity contribution in [3.63, 3.8) is 0 Å². The van der Waals surface area contributed by atoms with Crippen LogP contribution in [0.1, 0.15) is 31.2 Å². The molecule has 2 aliphatic heterocycles. The van der Waals surface area contributed by atoms with Crippen molar-refractivity contribution < 1.29 is 9.47 Å². The fraction of sp³-hybridized carbons (Fsp3) is 0.417. The summed E-state index contributed by atoms with van der Waals surface area (Å²) in [6, 6.07) is 7.83. The Bertz CT molecular complexity index is 1160. The smallest absolute Gasteiger partial charge is 0.123 e. The maximum Gasteiger partial charge on any atom is 0.123 e. The third-order valence-electron chi connectivity index (χ3n) is 6.39. The number of fused-ring (bicyclic) bond motifs is 3. The van der Waals surface area contributed by atoms with E-state index in [1.165, 1.54) is 11.3 Å². The van der Waals surface area contributed by atoms with Gasteiger partial charge in [-0.1, -0.05) is 17.7 Å². The molecule has 1 fully saturated rings. The number of hydrogen-bond donors (Lipinski definition) is 1. The minimum Gasteiger partial charge on any atom is -0.497 e. The van der Waals surface area contributed by atoms with Crippen LogP contribution < -0.4 is 25.1 Å². The van der Waals surface area contributed by atoms with E-state index in [1.807, 2.05) is 36.4 Å². The van der Waals surface area contributed by atoms with E-state index >= 15 is 0 Å². The van der Waals surface area contributed by atoms with Crippen LogP contribution in [0.2, 0.25) is 0 Å². The lowest BCUT2D eigenvalue weighted by atomic mass is 9.84. The zero-order valence-corrected chi connectivity index (χ0v) is 18.7. The summed E-state index contributed by atoms with van der Waals surface area (Å²) in [6.45, 7) is 1.39. The first-order valence-electron chi connectivity index (χ1n) is 10.8. The molecule has 6 nitrogen and oxygen atoms in total. The van der Waals surface area contributed by atoms with E-state index in [-0.39, 0.29) is 6.10 Å². The van der Waals surface area contributed by atoms with E-state index in [2.05, 4.69) is 27.2 Å². The monoisotopic (exact) mass is 438 g/mol. The molecule has 0 unspecified atom stereocenters. The molecule has 0 amide bonds. The maximum absolute atomic E-state index is 6.35. The number of ether oxygens (including phenoxy) is 2. The number of aromatic nitrogens is 1. The van der Waals surface area contributed by atoms with Crippen molar-refractivity contribution >= 4 is 29.1 Å². The molecule has 7 heteroatoms. The van der Waals surface area contributed by atoms with Crippen LogP contribution in [0.3, 0.4) is 0 Å². The minimum absolute atomic E-state index is 0.215. The zero-order valence-electron chi connectivity index (χ0n) is 17.9. The number of azo groups is 1. The molecule has 3 aliphatic rings. The number of H-pyrrole nitrogens is 1. The van der Waals surface area contributed by atoms with Gasteiger partial charge in [0, 0.05) is 36.2 Å². The number of nitrogens with zero attached hydrogens (tertiary/aromatic N) is 3. The number of rotatable bonds is 4. The van der Waals surface area contributed by atoms with Crippen LogP contribution in [-0.2, 0) is 6.54 Å². The first-order valence-corrected chi connectivity index (χ1v) is 11.2. The van der Waals surface area contributed by atoms with Crippen molar-refractivity contribution in [2.24, 2.45) is 16.1 Å². The lowest BCUT2D eigenvalue weighted by molar-refractivity contribution is 0.142. The summed E-state index contributed by atoms with van der Waals surface area (Å²) < 4.78 is 11.5. The average Bonchev–Trinajstić information content (AvgIpc) is 3.09. The molecule has 0 radical (unpaired) electrons. The van der Waals surface area contributed by atoms with Crippen molar-refractivity contribution in [1.82, 2.24) is 4.98 Å². The number of aromatic amines is 1. The van der Waals surface area contributed by atoms with Crippen molar-refractivity contribution in [3.8, 4) is 11.5 Å². The Morgan fingerprint density at radius 3 is 2.77 bits per heavy atom. The fourth-order valence-electron chi connectivity index (χ4n) is 4.81. The van der Waals surface area contributed by atoms with Gasteiger partial charge in [-0.05, 0) is 50.0 Å². The van der Waals surface area contributed by atoms with Crippen molar-refractivity contribution in [3.05, 3.63) is 51.6 Å². The molecular formula is C24H27ClN4O2. The molecule has 3 heterocycles. The Morgan fingerprint density at radius 2 is 1.97 bits per heavy atom. The highest BCUT2D eigenvalue weighted by Crippen LogP contribution is 2.35. The van der Waals surface area contributed by atoms with E-state index < -0.39 is 0 Å². The van der Waals surface area contributed by atoms with Gasteiger partial charge >= 0.3 is 0 Å². The van der Waals surface area contributed by atoms with E-state index in [1.54, 1.807) is 7.11 Å². The van der Waals surface area contributed by atoms with Gasteiger partial charge in [-0.2, -0.15) is 10.2 Å². The molecule has 0 bridgehead atoms. The van der Waals surface area contributed by atoms with Gasteiger partial charge in [-0.25, -0.2) is 0 Å². The highest BCUT2D eigenvalue weighted by molar-refractivity contribution is 6.34. The minimum atomic E-state index is 0.215. The topological polar surface area (TPSA) is 62.2 Å². The Morgan fingerprint density at radius 1 is 1.16 bits per heavy atom. The lowest BCUT2D eigenvalue weighted by Crippen LogP contribution is -2.28. The first-order chi connectivity index (χ1) is 15.1. The standard InChI is InChI=1S/C24H27ClN4O2/c1-29-11-10-16(25)12-21-24(29)20-14-26-28-22(23(20)27-21)15-6-8-17(9-7-15)31-19-5-3-4-18(13-19)30-2/h3-5,10,12-13,15,17,27H,6-9,11,14H2,1-2H3/t15-,17-. The third kappa shape index (κ3) is 3.97. The summed E-state index contributed by atoms with van der Waals surface area (Å²) in [5.74, 6) is 2.07. The molecule has 0 spiro atoms. The number of anilines is 1. The first kappa shape index (κ1) is 20.2. The SMILES string of the molecule is COc1cccc(O[C@H]2CC[C@H](C3=c4[nH]c5c(c4CN=N3)N(C)CC=C(Cl)C=5)CC2)c1. The van der Waals surface area contributed by atoms with Crippen molar-refractivity contribution in [2.45, 2.75) is 38.3 Å². The van der Waals surface area contributed by atoms with Gasteiger partial charge in [-0.15, -0.1) is 0 Å². The molecule has 1 aliphatic carbocycles. The molecule has 0 saturated heterocycles. The van der Waals surface area contributed by atoms with Crippen LogP contribution >= 0.6 is 11.6 Å². The van der Waals surface area contributed by atoms with Gasteiger partial charge in [0.15, 0.2) is 0 Å². The van der Waals surface area contributed by atoms with Gasteiger partial charge < -0.3 is 19.4 Å². The van der Waals surface area contributed by atoms with Crippen molar-refractivity contribution in [1.29, 1.82) is 0 Å². The van der Waals surface area contributed by atoms with Crippen LogP contribution in [0, 0.1) is 5.92 Å². The largest absolute Gasteiger partial charge is 0.497 e. The highest BCUT2D eigenvalue weighted by Gasteiger charge is 2.29. The van der Waals surface area contributed by atoms with E-state index in [0.29, 0.717) is 12.5 Å². The van der Waals surface area contributed by atoms with E-state index in [4.69, 9.17) is 21.1 Å².